The zero-order valence-corrected chi connectivity index (χ0v) is 17.5. The number of hydrogen-bond acceptors (Lipinski definition) is 5. The number of fused-ring (bicyclic) bond motifs is 1. The van der Waals surface area contributed by atoms with Gasteiger partial charge >= 0.3 is 0 Å². The topological polar surface area (TPSA) is 73.7 Å². The quantitative estimate of drug-likeness (QED) is 0.546. The molecule has 0 N–H and O–H groups in total. The molecule has 164 valence electrons. The number of benzene rings is 2. The van der Waals surface area contributed by atoms with E-state index in [1.807, 2.05) is 0 Å². The minimum absolute atomic E-state index is 0.128. The Bertz CT molecular complexity index is 1160. The summed E-state index contributed by atoms with van der Waals surface area (Å²) < 4.78 is 38.6. The molecule has 3 rings (SSSR count). The highest BCUT2D eigenvalue weighted by Crippen LogP contribution is 2.29. The average molecular weight is 431 g/mol. The number of methoxy groups -OCH3 is 2. The second kappa shape index (κ2) is 9.55. The number of carbonyl (C=O) groups is 1. The number of anilines is 1. The van der Waals surface area contributed by atoms with Crippen molar-refractivity contribution in [1.29, 1.82) is 0 Å². The summed E-state index contributed by atoms with van der Waals surface area (Å²) in [6, 6.07) is 6.55. The maximum Gasteiger partial charge on any atom is 0.261 e. The van der Waals surface area contributed by atoms with Gasteiger partial charge < -0.3 is 14.4 Å². The molecule has 0 atom stereocenters. The number of aromatic nitrogens is 2. The fourth-order valence-corrected chi connectivity index (χ4v) is 3.34. The molecule has 0 saturated carbocycles. The SMILES string of the molecule is CCN(C(=O)CCCn1cnc2cc(OC)c(OC)cc2c1=O)c1ccc(F)c(F)c1. The predicted molar refractivity (Wildman–Crippen MR) is 113 cm³/mol. The van der Waals surface area contributed by atoms with Gasteiger partial charge in [-0.25, -0.2) is 13.8 Å². The molecule has 0 bridgehead atoms. The smallest absolute Gasteiger partial charge is 0.261 e. The van der Waals surface area contributed by atoms with Crippen LogP contribution >= 0.6 is 0 Å². The summed E-state index contributed by atoms with van der Waals surface area (Å²) in [5, 5.41) is 0.378. The lowest BCUT2D eigenvalue weighted by Crippen LogP contribution is -2.31. The molecular weight excluding hydrogens is 408 g/mol. The first-order valence-corrected chi connectivity index (χ1v) is 9.76. The Morgan fingerprint density at radius 2 is 1.81 bits per heavy atom. The van der Waals surface area contributed by atoms with E-state index in [-0.39, 0.29) is 30.1 Å². The first-order chi connectivity index (χ1) is 14.9. The van der Waals surface area contributed by atoms with Crippen molar-refractivity contribution in [2.45, 2.75) is 26.3 Å². The van der Waals surface area contributed by atoms with E-state index < -0.39 is 11.6 Å². The number of rotatable bonds is 8. The van der Waals surface area contributed by atoms with Gasteiger partial charge in [-0.2, -0.15) is 0 Å². The molecule has 0 unspecified atom stereocenters. The van der Waals surface area contributed by atoms with Gasteiger partial charge in [0.1, 0.15) is 0 Å². The second-order valence-corrected chi connectivity index (χ2v) is 6.81. The minimum Gasteiger partial charge on any atom is -0.493 e. The third kappa shape index (κ3) is 4.65. The normalized spacial score (nSPS) is 10.9. The van der Waals surface area contributed by atoms with Crippen LogP contribution in [0.15, 0.2) is 41.5 Å². The summed E-state index contributed by atoms with van der Waals surface area (Å²) in [5.41, 5.74) is 0.508. The fourth-order valence-electron chi connectivity index (χ4n) is 3.34. The molecule has 3 aromatic rings. The van der Waals surface area contributed by atoms with Crippen molar-refractivity contribution in [3.63, 3.8) is 0 Å². The van der Waals surface area contributed by atoms with Gasteiger partial charge in [0.25, 0.3) is 5.56 Å². The van der Waals surface area contributed by atoms with Gasteiger partial charge in [0.2, 0.25) is 5.91 Å². The molecule has 1 heterocycles. The Morgan fingerprint density at radius 3 is 2.45 bits per heavy atom. The zero-order chi connectivity index (χ0) is 22.5. The van der Waals surface area contributed by atoms with Crippen LogP contribution in [0.1, 0.15) is 19.8 Å². The lowest BCUT2D eigenvalue weighted by Gasteiger charge is -2.21. The first kappa shape index (κ1) is 22.2. The Kier molecular flexibility index (Phi) is 6.84. The van der Waals surface area contributed by atoms with Crippen LogP contribution in [0.5, 0.6) is 11.5 Å². The summed E-state index contributed by atoms with van der Waals surface area (Å²) in [7, 11) is 2.98. The zero-order valence-electron chi connectivity index (χ0n) is 17.5. The summed E-state index contributed by atoms with van der Waals surface area (Å²) >= 11 is 0. The molecule has 1 amide bonds. The molecular formula is C22H23F2N3O4. The van der Waals surface area contributed by atoms with E-state index in [4.69, 9.17) is 9.47 Å². The molecule has 7 nitrogen and oxygen atoms in total. The van der Waals surface area contributed by atoms with Crippen LogP contribution in [0, 0.1) is 11.6 Å². The van der Waals surface area contributed by atoms with E-state index in [1.54, 1.807) is 19.1 Å². The van der Waals surface area contributed by atoms with Crippen LogP contribution in [0.25, 0.3) is 10.9 Å². The molecule has 0 spiro atoms. The molecule has 0 aliphatic heterocycles. The molecule has 0 fully saturated rings. The number of hydrogen-bond donors (Lipinski definition) is 0. The van der Waals surface area contributed by atoms with E-state index in [2.05, 4.69) is 4.98 Å². The van der Waals surface area contributed by atoms with E-state index in [0.717, 1.165) is 12.1 Å². The maximum absolute atomic E-state index is 13.5. The van der Waals surface area contributed by atoms with Crippen LogP contribution in [-0.2, 0) is 11.3 Å². The lowest BCUT2D eigenvalue weighted by atomic mass is 10.2. The van der Waals surface area contributed by atoms with Gasteiger partial charge in [-0.05, 0) is 31.5 Å². The van der Waals surface area contributed by atoms with Crippen molar-refractivity contribution in [3.8, 4) is 11.5 Å². The van der Waals surface area contributed by atoms with Crippen LogP contribution < -0.4 is 19.9 Å². The van der Waals surface area contributed by atoms with Gasteiger partial charge in [-0.3, -0.25) is 14.2 Å². The number of nitrogens with zero attached hydrogens (tertiary/aromatic N) is 3. The molecule has 0 radical (unpaired) electrons. The number of aryl methyl sites for hydroxylation is 1. The fraction of sp³-hybridized carbons (Fsp3) is 0.318. The largest absolute Gasteiger partial charge is 0.493 e. The summed E-state index contributed by atoms with van der Waals surface area (Å²) in [5.74, 6) is -1.33. The summed E-state index contributed by atoms with van der Waals surface area (Å²) in [4.78, 5) is 31.1. The van der Waals surface area contributed by atoms with Crippen LogP contribution in [0.3, 0.4) is 0 Å². The molecule has 31 heavy (non-hydrogen) atoms. The van der Waals surface area contributed by atoms with Crippen LogP contribution in [0.4, 0.5) is 14.5 Å². The highest BCUT2D eigenvalue weighted by Gasteiger charge is 2.16. The summed E-state index contributed by atoms with van der Waals surface area (Å²) in [6.45, 7) is 2.33. The highest BCUT2D eigenvalue weighted by atomic mass is 19.2. The maximum atomic E-state index is 13.5. The molecule has 9 heteroatoms. The van der Waals surface area contributed by atoms with Crippen LogP contribution in [0.2, 0.25) is 0 Å². The Labute approximate surface area is 177 Å². The standard InChI is InChI=1S/C22H23F2N3O4/c1-4-27(14-7-8-16(23)17(24)10-14)21(28)6-5-9-26-13-25-18-12-20(31-3)19(30-2)11-15(18)22(26)29/h7-8,10-13H,4-6,9H2,1-3H3. The highest BCUT2D eigenvalue weighted by molar-refractivity contribution is 5.93. The van der Waals surface area contributed by atoms with Gasteiger partial charge in [-0.1, -0.05) is 0 Å². The monoisotopic (exact) mass is 431 g/mol. The molecule has 0 saturated heterocycles. The molecule has 0 aliphatic carbocycles. The minimum atomic E-state index is -1.01. The van der Waals surface area contributed by atoms with Gasteiger partial charge in [-0.15, -0.1) is 0 Å². The molecule has 0 aliphatic rings. The number of carbonyl (C=O) groups excluding carboxylic acids is 1. The average Bonchev–Trinajstić information content (AvgIpc) is 2.77. The number of amides is 1. The Hall–Kier alpha value is -3.49. The van der Waals surface area contributed by atoms with Gasteiger partial charge in [0.15, 0.2) is 23.1 Å². The third-order valence-corrected chi connectivity index (χ3v) is 4.95. The van der Waals surface area contributed by atoms with Crippen molar-refractivity contribution >= 4 is 22.5 Å². The van der Waals surface area contributed by atoms with E-state index >= 15 is 0 Å². The number of ether oxygens (including phenoxy) is 2. The second-order valence-electron chi connectivity index (χ2n) is 6.81. The third-order valence-electron chi connectivity index (χ3n) is 4.95. The first-order valence-electron chi connectivity index (χ1n) is 9.76. The van der Waals surface area contributed by atoms with E-state index in [1.165, 1.54) is 36.1 Å². The number of halogens is 2. The van der Waals surface area contributed by atoms with Crippen molar-refractivity contribution in [2.24, 2.45) is 0 Å². The van der Waals surface area contributed by atoms with Crippen molar-refractivity contribution in [3.05, 3.63) is 58.6 Å². The van der Waals surface area contributed by atoms with Gasteiger partial charge in [0, 0.05) is 37.3 Å². The van der Waals surface area contributed by atoms with Crippen molar-refractivity contribution in [1.82, 2.24) is 9.55 Å². The summed E-state index contributed by atoms with van der Waals surface area (Å²) in [6.07, 6.45) is 1.93. The molecule has 1 aromatic heterocycles. The van der Waals surface area contributed by atoms with Crippen LogP contribution in [-0.4, -0.2) is 36.2 Å². The van der Waals surface area contributed by atoms with Gasteiger partial charge in [0.05, 0.1) is 31.4 Å². The Morgan fingerprint density at radius 1 is 1.10 bits per heavy atom. The molecule has 2 aromatic carbocycles. The Balaban J connectivity index is 1.73. The van der Waals surface area contributed by atoms with E-state index in [9.17, 15) is 18.4 Å². The lowest BCUT2D eigenvalue weighted by molar-refractivity contribution is -0.118. The van der Waals surface area contributed by atoms with Crippen molar-refractivity contribution in [2.75, 3.05) is 25.7 Å². The van der Waals surface area contributed by atoms with E-state index in [0.29, 0.717) is 35.4 Å². The predicted octanol–water partition coefficient (Wildman–Crippen LogP) is 3.53. The van der Waals surface area contributed by atoms with Crippen molar-refractivity contribution < 1.29 is 23.0 Å².